The Labute approximate surface area is 197 Å². The summed E-state index contributed by atoms with van der Waals surface area (Å²) in [5.41, 5.74) is 3.51. The highest BCUT2D eigenvalue weighted by Gasteiger charge is 2.43. The average molecular weight is 442 g/mol. The largest absolute Gasteiger partial charge is 0.342 e. The molecule has 0 radical (unpaired) electrons. The quantitative estimate of drug-likeness (QED) is 0.561. The number of likely N-dealkylation sites (tertiary alicyclic amines) is 2. The second kappa shape index (κ2) is 9.64. The lowest BCUT2D eigenvalue weighted by Crippen LogP contribution is -2.52. The molecule has 0 atom stereocenters. The van der Waals surface area contributed by atoms with Crippen molar-refractivity contribution in [3.05, 3.63) is 78.0 Å². The molecule has 0 unspecified atom stereocenters. The van der Waals surface area contributed by atoms with Gasteiger partial charge in [-0.2, -0.15) is 0 Å². The highest BCUT2D eigenvalue weighted by Crippen LogP contribution is 2.38. The zero-order valence-corrected chi connectivity index (χ0v) is 19.7. The molecule has 2 fully saturated rings. The highest BCUT2D eigenvalue weighted by molar-refractivity contribution is 5.83. The monoisotopic (exact) mass is 441 g/mol. The second-order valence-corrected chi connectivity index (χ2v) is 10.2. The summed E-state index contributed by atoms with van der Waals surface area (Å²) >= 11 is 0. The molecule has 2 aliphatic heterocycles. The van der Waals surface area contributed by atoms with Gasteiger partial charge in [-0.05, 0) is 87.8 Å². The number of piperidine rings is 2. The van der Waals surface area contributed by atoms with Crippen molar-refractivity contribution in [1.82, 2.24) is 14.8 Å². The average Bonchev–Trinajstić information content (AvgIpc) is 2.86. The van der Waals surface area contributed by atoms with Crippen LogP contribution in [-0.4, -0.2) is 53.9 Å². The first-order valence-corrected chi connectivity index (χ1v) is 12.5. The van der Waals surface area contributed by atoms with E-state index in [4.69, 9.17) is 0 Å². The Hall–Kier alpha value is -2.72. The van der Waals surface area contributed by atoms with Crippen molar-refractivity contribution >= 4 is 16.8 Å². The molecule has 2 aromatic carbocycles. The first-order chi connectivity index (χ1) is 16.1. The lowest BCUT2D eigenvalue weighted by atomic mass is 9.72. The van der Waals surface area contributed by atoms with E-state index in [1.165, 1.54) is 16.5 Å². The third-order valence-electron chi connectivity index (χ3n) is 7.93. The number of carbonyl (C=O) groups is 1. The number of hydrogen-bond donors (Lipinski definition) is 0. The number of aromatic nitrogens is 1. The van der Waals surface area contributed by atoms with Crippen molar-refractivity contribution in [3.63, 3.8) is 0 Å². The summed E-state index contributed by atoms with van der Waals surface area (Å²) < 4.78 is 0. The number of pyridine rings is 1. The Balaban J connectivity index is 1.26. The van der Waals surface area contributed by atoms with Gasteiger partial charge in [-0.1, -0.05) is 48.5 Å². The van der Waals surface area contributed by atoms with Crippen molar-refractivity contribution in [3.8, 4) is 0 Å². The van der Waals surface area contributed by atoms with Crippen LogP contribution in [0.25, 0.3) is 10.9 Å². The van der Waals surface area contributed by atoms with Crippen LogP contribution in [0.4, 0.5) is 0 Å². The maximum atomic E-state index is 13.9. The number of nitrogens with zero attached hydrogens (tertiary/aromatic N) is 3. The Kier molecular flexibility index (Phi) is 6.45. The molecule has 1 aromatic heterocycles. The SMILES string of the molecule is CN1CCC(Cc2ccccc2)(C(=O)N2CCC(Cc3cccc4ncccc34)CC2)CC1. The molecule has 1 amide bonds. The molecule has 33 heavy (non-hydrogen) atoms. The van der Waals surface area contributed by atoms with E-state index in [9.17, 15) is 4.79 Å². The first kappa shape index (κ1) is 22.1. The number of rotatable bonds is 5. The third-order valence-corrected chi connectivity index (χ3v) is 7.93. The molecule has 5 rings (SSSR count). The van der Waals surface area contributed by atoms with Crippen LogP contribution in [0.15, 0.2) is 66.9 Å². The molecular weight excluding hydrogens is 406 g/mol. The van der Waals surface area contributed by atoms with Gasteiger partial charge in [0.15, 0.2) is 0 Å². The summed E-state index contributed by atoms with van der Waals surface area (Å²) in [6.07, 6.45) is 7.90. The summed E-state index contributed by atoms with van der Waals surface area (Å²) in [6, 6.07) is 21.3. The van der Waals surface area contributed by atoms with E-state index in [0.29, 0.717) is 11.8 Å². The summed E-state index contributed by atoms with van der Waals surface area (Å²) in [4.78, 5) is 23.0. The van der Waals surface area contributed by atoms with Gasteiger partial charge in [0.1, 0.15) is 0 Å². The van der Waals surface area contributed by atoms with Crippen LogP contribution in [0.3, 0.4) is 0 Å². The fourth-order valence-corrected chi connectivity index (χ4v) is 5.83. The standard InChI is InChI=1S/C29H35N3O/c1-31-19-14-29(15-20-31,22-24-7-3-2-4-8-24)28(33)32-17-12-23(13-18-32)21-25-9-5-11-27-26(25)10-6-16-30-27/h2-11,16,23H,12-15,17-22H2,1H3. The molecule has 0 N–H and O–H groups in total. The smallest absolute Gasteiger partial charge is 0.229 e. The van der Waals surface area contributed by atoms with Crippen molar-refractivity contribution in [2.24, 2.45) is 11.3 Å². The number of benzene rings is 2. The number of amides is 1. The second-order valence-electron chi connectivity index (χ2n) is 10.2. The molecule has 0 spiro atoms. The predicted molar refractivity (Wildman–Crippen MR) is 134 cm³/mol. The summed E-state index contributed by atoms with van der Waals surface area (Å²) in [7, 11) is 2.17. The van der Waals surface area contributed by atoms with Gasteiger partial charge in [0, 0.05) is 24.7 Å². The molecule has 2 aliphatic rings. The van der Waals surface area contributed by atoms with Crippen LogP contribution in [-0.2, 0) is 17.6 Å². The fraction of sp³-hybridized carbons (Fsp3) is 0.448. The van der Waals surface area contributed by atoms with Gasteiger partial charge in [-0.3, -0.25) is 9.78 Å². The van der Waals surface area contributed by atoms with E-state index in [0.717, 1.165) is 70.2 Å². The lowest BCUT2D eigenvalue weighted by molar-refractivity contribution is -0.146. The van der Waals surface area contributed by atoms with E-state index in [1.54, 1.807) is 0 Å². The number of carbonyl (C=O) groups excluding carboxylic acids is 1. The fourth-order valence-electron chi connectivity index (χ4n) is 5.83. The van der Waals surface area contributed by atoms with E-state index in [-0.39, 0.29) is 5.41 Å². The van der Waals surface area contributed by atoms with E-state index in [2.05, 4.69) is 76.4 Å². The Morgan fingerprint density at radius 1 is 0.939 bits per heavy atom. The Morgan fingerprint density at radius 2 is 1.70 bits per heavy atom. The van der Waals surface area contributed by atoms with E-state index in [1.807, 2.05) is 12.3 Å². The highest BCUT2D eigenvalue weighted by atomic mass is 16.2. The molecule has 2 saturated heterocycles. The molecule has 0 bridgehead atoms. The lowest BCUT2D eigenvalue weighted by Gasteiger charge is -2.44. The van der Waals surface area contributed by atoms with Gasteiger partial charge in [-0.25, -0.2) is 0 Å². The van der Waals surface area contributed by atoms with Gasteiger partial charge in [-0.15, -0.1) is 0 Å². The van der Waals surface area contributed by atoms with Crippen molar-refractivity contribution in [1.29, 1.82) is 0 Å². The molecular formula is C29H35N3O. The molecule has 0 saturated carbocycles. The predicted octanol–water partition coefficient (Wildman–Crippen LogP) is 4.97. The molecule has 4 nitrogen and oxygen atoms in total. The van der Waals surface area contributed by atoms with Crippen LogP contribution < -0.4 is 0 Å². The van der Waals surface area contributed by atoms with Crippen molar-refractivity contribution < 1.29 is 4.79 Å². The van der Waals surface area contributed by atoms with Crippen LogP contribution in [0.1, 0.15) is 36.8 Å². The molecule has 0 aliphatic carbocycles. The number of hydrogen-bond acceptors (Lipinski definition) is 3. The molecule has 3 heterocycles. The van der Waals surface area contributed by atoms with Crippen molar-refractivity contribution in [2.75, 3.05) is 33.2 Å². The third kappa shape index (κ3) is 4.81. The minimum Gasteiger partial charge on any atom is -0.342 e. The zero-order valence-electron chi connectivity index (χ0n) is 19.7. The Bertz CT molecular complexity index is 1070. The minimum atomic E-state index is -0.248. The maximum Gasteiger partial charge on any atom is 0.229 e. The maximum absolute atomic E-state index is 13.9. The normalized spacial score (nSPS) is 19.6. The van der Waals surface area contributed by atoms with E-state index < -0.39 is 0 Å². The summed E-state index contributed by atoms with van der Waals surface area (Å²) in [6.45, 7) is 3.78. The summed E-state index contributed by atoms with van der Waals surface area (Å²) in [5.74, 6) is 1.02. The molecule has 4 heteroatoms. The van der Waals surface area contributed by atoms with Gasteiger partial charge in [0.25, 0.3) is 0 Å². The van der Waals surface area contributed by atoms with Crippen LogP contribution in [0.5, 0.6) is 0 Å². The van der Waals surface area contributed by atoms with Crippen molar-refractivity contribution in [2.45, 2.75) is 38.5 Å². The van der Waals surface area contributed by atoms with Gasteiger partial charge < -0.3 is 9.80 Å². The van der Waals surface area contributed by atoms with Crippen LogP contribution in [0, 0.1) is 11.3 Å². The Morgan fingerprint density at radius 3 is 2.45 bits per heavy atom. The zero-order chi connectivity index (χ0) is 22.7. The number of fused-ring (bicyclic) bond motifs is 1. The molecule has 172 valence electrons. The topological polar surface area (TPSA) is 36.4 Å². The summed E-state index contributed by atoms with van der Waals surface area (Å²) in [5, 5.41) is 1.27. The van der Waals surface area contributed by atoms with Gasteiger partial charge in [0.2, 0.25) is 5.91 Å². The van der Waals surface area contributed by atoms with E-state index >= 15 is 0 Å². The van der Waals surface area contributed by atoms with Gasteiger partial charge >= 0.3 is 0 Å². The molecule has 3 aromatic rings. The van der Waals surface area contributed by atoms with Crippen LogP contribution >= 0.6 is 0 Å². The van der Waals surface area contributed by atoms with Crippen LogP contribution in [0.2, 0.25) is 0 Å². The van der Waals surface area contributed by atoms with Gasteiger partial charge in [0.05, 0.1) is 10.9 Å². The first-order valence-electron chi connectivity index (χ1n) is 12.5. The minimum absolute atomic E-state index is 0.248.